The average molecular weight is 289 g/mol. The van der Waals surface area contributed by atoms with Crippen LogP contribution in [0.2, 0.25) is 0 Å². The van der Waals surface area contributed by atoms with Gasteiger partial charge in [-0.2, -0.15) is 0 Å². The lowest BCUT2D eigenvalue weighted by atomic mass is 9.73. The normalized spacial score (nSPS) is 17.4. The van der Waals surface area contributed by atoms with Crippen molar-refractivity contribution >= 4 is 5.97 Å². The van der Waals surface area contributed by atoms with Crippen molar-refractivity contribution in [2.24, 2.45) is 5.41 Å². The van der Waals surface area contributed by atoms with Crippen LogP contribution < -0.4 is 0 Å². The Hall–Kier alpha value is -1.35. The molecule has 1 unspecified atom stereocenters. The fourth-order valence-corrected chi connectivity index (χ4v) is 2.61. The van der Waals surface area contributed by atoms with Crippen molar-refractivity contribution in [3.05, 3.63) is 35.4 Å². The quantitative estimate of drug-likeness (QED) is 0.817. The van der Waals surface area contributed by atoms with E-state index < -0.39 is 5.41 Å². The second-order valence-electron chi connectivity index (χ2n) is 6.89. The average Bonchev–Trinajstić information content (AvgIpc) is 2.41. The highest BCUT2D eigenvalue weighted by Crippen LogP contribution is 2.39. The van der Waals surface area contributed by atoms with Gasteiger partial charge in [0.15, 0.2) is 0 Å². The molecule has 1 aromatic carbocycles. The number of carbonyl (C=O) groups excluding carboxylic acids is 1. The number of benzene rings is 1. The first-order valence-electron chi connectivity index (χ1n) is 7.90. The first-order chi connectivity index (χ1) is 9.84. The van der Waals surface area contributed by atoms with Crippen LogP contribution in [0, 0.1) is 5.41 Å². The molecule has 1 aliphatic rings. The summed E-state index contributed by atoms with van der Waals surface area (Å²) in [6, 6.07) is 8.41. The molecule has 0 aromatic heterocycles. The molecule has 1 saturated heterocycles. The second kappa shape index (κ2) is 6.18. The van der Waals surface area contributed by atoms with Gasteiger partial charge in [-0.1, -0.05) is 45.0 Å². The van der Waals surface area contributed by atoms with Gasteiger partial charge in [0.1, 0.15) is 0 Å². The minimum atomic E-state index is -0.541. The number of hydrogen-bond donors (Lipinski definition) is 0. The van der Waals surface area contributed by atoms with Crippen molar-refractivity contribution in [1.82, 2.24) is 5.06 Å². The van der Waals surface area contributed by atoms with Crippen molar-refractivity contribution in [3.63, 3.8) is 0 Å². The second-order valence-corrected chi connectivity index (χ2v) is 6.89. The molecule has 1 atom stereocenters. The van der Waals surface area contributed by atoms with Gasteiger partial charge < -0.3 is 4.84 Å². The number of rotatable bonds is 5. The van der Waals surface area contributed by atoms with Gasteiger partial charge in [0.2, 0.25) is 0 Å². The molecule has 1 heterocycles. The molecule has 0 saturated carbocycles. The molecule has 1 aliphatic heterocycles. The highest BCUT2D eigenvalue weighted by molar-refractivity contribution is 5.77. The van der Waals surface area contributed by atoms with Crippen LogP contribution in [0.25, 0.3) is 0 Å². The summed E-state index contributed by atoms with van der Waals surface area (Å²) in [7, 11) is 0. The summed E-state index contributed by atoms with van der Waals surface area (Å²) in [4.78, 5) is 18.0. The summed E-state index contributed by atoms with van der Waals surface area (Å²) in [6.07, 6.45) is 1.11. The lowest BCUT2D eigenvalue weighted by Crippen LogP contribution is -2.43. The van der Waals surface area contributed by atoms with Crippen LogP contribution >= 0.6 is 0 Å². The minimum absolute atomic E-state index is 0.116. The number of hydrogen-bond acceptors (Lipinski definition) is 3. The molecule has 116 valence electrons. The molecule has 1 aromatic rings. The van der Waals surface area contributed by atoms with Gasteiger partial charge in [-0.15, -0.1) is 5.06 Å². The van der Waals surface area contributed by atoms with E-state index in [9.17, 15) is 4.79 Å². The molecule has 1 fully saturated rings. The van der Waals surface area contributed by atoms with Gasteiger partial charge in [0.05, 0.1) is 5.41 Å². The van der Waals surface area contributed by atoms with E-state index in [1.54, 1.807) is 5.06 Å². The molecule has 0 bridgehead atoms. The van der Waals surface area contributed by atoms with Gasteiger partial charge in [-0.05, 0) is 43.2 Å². The smallest absolute Gasteiger partial charge is 0.331 e. The van der Waals surface area contributed by atoms with Crippen LogP contribution in [0.3, 0.4) is 0 Å². The summed E-state index contributed by atoms with van der Waals surface area (Å²) in [5.74, 6) is 0.434. The van der Waals surface area contributed by atoms with E-state index in [4.69, 9.17) is 4.84 Å². The van der Waals surface area contributed by atoms with E-state index in [0.29, 0.717) is 5.92 Å². The topological polar surface area (TPSA) is 29.5 Å². The van der Waals surface area contributed by atoms with E-state index in [-0.39, 0.29) is 11.9 Å². The van der Waals surface area contributed by atoms with Crippen LogP contribution in [0.15, 0.2) is 24.3 Å². The first kappa shape index (κ1) is 16.0. The SMILES string of the molecule is CC(C)c1ccccc1C(C)C(C)(C)C(=O)ON1CCC1. The van der Waals surface area contributed by atoms with Crippen molar-refractivity contribution in [1.29, 1.82) is 0 Å². The zero-order chi connectivity index (χ0) is 15.6. The van der Waals surface area contributed by atoms with Crippen LogP contribution in [-0.4, -0.2) is 24.1 Å². The van der Waals surface area contributed by atoms with Crippen molar-refractivity contribution in [3.8, 4) is 0 Å². The Morgan fingerprint density at radius 1 is 1.14 bits per heavy atom. The maximum Gasteiger partial charge on any atom is 0.331 e. The molecule has 3 nitrogen and oxygen atoms in total. The van der Waals surface area contributed by atoms with E-state index >= 15 is 0 Å². The van der Waals surface area contributed by atoms with E-state index in [1.807, 2.05) is 13.8 Å². The predicted octanol–water partition coefficient (Wildman–Crippen LogP) is 4.10. The van der Waals surface area contributed by atoms with Gasteiger partial charge in [-0.25, -0.2) is 4.79 Å². The maximum absolute atomic E-state index is 12.5. The highest BCUT2D eigenvalue weighted by Gasteiger charge is 2.39. The molecule has 21 heavy (non-hydrogen) atoms. The van der Waals surface area contributed by atoms with E-state index in [1.165, 1.54) is 11.1 Å². The molecule has 2 rings (SSSR count). The molecule has 0 radical (unpaired) electrons. The predicted molar refractivity (Wildman–Crippen MR) is 85.0 cm³/mol. The van der Waals surface area contributed by atoms with E-state index in [0.717, 1.165) is 19.5 Å². The largest absolute Gasteiger partial charge is 0.367 e. The fourth-order valence-electron chi connectivity index (χ4n) is 2.61. The zero-order valence-corrected chi connectivity index (χ0v) is 13.8. The maximum atomic E-state index is 12.5. The van der Waals surface area contributed by atoms with Crippen molar-refractivity contribution in [2.75, 3.05) is 13.1 Å². The highest BCUT2D eigenvalue weighted by atomic mass is 16.7. The van der Waals surface area contributed by atoms with Crippen molar-refractivity contribution in [2.45, 2.75) is 52.9 Å². The third-order valence-corrected chi connectivity index (χ3v) is 4.72. The molecule has 0 N–H and O–H groups in total. The molecular weight excluding hydrogens is 262 g/mol. The Balaban J connectivity index is 2.20. The molecule has 3 heteroatoms. The molecule has 0 amide bonds. The van der Waals surface area contributed by atoms with Gasteiger partial charge in [0.25, 0.3) is 0 Å². The Morgan fingerprint density at radius 2 is 1.71 bits per heavy atom. The van der Waals surface area contributed by atoms with Crippen LogP contribution in [0.4, 0.5) is 0 Å². The molecular formula is C18H27NO2. The van der Waals surface area contributed by atoms with Gasteiger partial charge >= 0.3 is 5.97 Å². The summed E-state index contributed by atoms with van der Waals surface area (Å²) in [5, 5.41) is 1.76. The number of nitrogens with zero attached hydrogens (tertiary/aromatic N) is 1. The van der Waals surface area contributed by atoms with E-state index in [2.05, 4.69) is 45.0 Å². The summed E-state index contributed by atoms with van der Waals surface area (Å²) < 4.78 is 0. The van der Waals surface area contributed by atoms with Crippen LogP contribution in [0.1, 0.15) is 64.0 Å². The lowest BCUT2D eigenvalue weighted by molar-refractivity contribution is -0.218. The van der Waals surface area contributed by atoms with Crippen LogP contribution in [-0.2, 0) is 9.63 Å². The third kappa shape index (κ3) is 3.29. The number of hydroxylamine groups is 2. The Labute approximate surface area is 128 Å². The monoisotopic (exact) mass is 289 g/mol. The first-order valence-corrected chi connectivity index (χ1v) is 7.90. The summed E-state index contributed by atoms with van der Waals surface area (Å²) in [6.45, 7) is 12.2. The fraction of sp³-hybridized carbons (Fsp3) is 0.611. The zero-order valence-electron chi connectivity index (χ0n) is 13.8. The minimum Gasteiger partial charge on any atom is -0.367 e. The third-order valence-electron chi connectivity index (χ3n) is 4.72. The Morgan fingerprint density at radius 3 is 2.19 bits per heavy atom. The Bertz CT molecular complexity index is 504. The van der Waals surface area contributed by atoms with Crippen LogP contribution in [0.5, 0.6) is 0 Å². The Kier molecular flexibility index (Phi) is 4.72. The summed E-state index contributed by atoms with van der Waals surface area (Å²) in [5.41, 5.74) is 2.02. The van der Waals surface area contributed by atoms with Gasteiger partial charge in [0, 0.05) is 13.1 Å². The standard InChI is InChI=1S/C18H27NO2/c1-13(2)15-9-6-7-10-16(15)14(3)18(4,5)17(20)21-19-11-8-12-19/h6-7,9-10,13-14H,8,11-12H2,1-5H3. The van der Waals surface area contributed by atoms with Crippen molar-refractivity contribution < 1.29 is 9.63 Å². The summed E-state index contributed by atoms with van der Waals surface area (Å²) >= 11 is 0. The lowest BCUT2D eigenvalue weighted by Gasteiger charge is -2.36. The van der Waals surface area contributed by atoms with Gasteiger partial charge in [-0.3, -0.25) is 0 Å². The molecule has 0 spiro atoms. The number of carbonyl (C=O) groups is 1. The molecule has 0 aliphatic carbocycles.